The van der Waals surface area contributed by atoms with Crippen molar-refractivity contribution in [1.29, 1.82) is 0 Å². The topological polar surface area (TPSA) is 91.1 Å². The van der Waals surface area contributed by atoms with Gasteiger partial charge in [0, 0.05) is 31.3 Å². The maximum atomic E-state index is 13.2. The fourth-order valence-corrected chi connectivity index (χ4v) is 4.85. The molecule has 1 aliphatic heterocycles. The Labute approximate surface area is 137 Å². The second kappa shape index (κ2) is 7.37. The number of rotatable bonds is 6. The summed E-state index contributed by atoms with van der Waals surface area (Å²) in [5.41, 5.74) is 5.77. The third kappa shape index (κ3) is 3.39. The Morgan fingerprint density at radius 1 is 1.13 bits per heavy atom. The molecule has 0 radical (unpaired) electrons. The Morgan fingerprint density at radius 2 is 1.74 bits per heavy atom. The number of ether oxygens (including phenoxy) is 3. The maximum absolute atomic E-state index is 13.2. The lowest BCUT2D eigenvalue weighted by Gasteiger charge is -2.34. The van der Waals surface area contributed by atoms with Crippen LogP contribution in [0.4, 0.5) is 0 Å². The molecule has 1 unspecified atom stereocenters. The van der Waals surface area contributed by atoms with Crippen LogP contribution in [0.1, 0.15) is 19.3 Å². The highest BCUT2D eigenvalue weighted by Crippen LogP contribution is 2.40. The van der Waals surface area contributed by atoms with E-state index in [-0.39, 0.29) is 22.4 Å². The Bertz CT molecular complexity index is 622. The van der Waals surface area contributed by atoms with E-state index in [2.05, 4.69) is 0 Å². The molecule has 1 fully saturated rings. The molecule has 1 aromatic carbocycles. The first kappa shape index (κ1) is 17.8. The van der Waals surface area contributed by atoms with E-state index in [0.29, 0.717) is 18.8 Å². The van der Waals surface area contributed by atoms with Crippen LogP contribution in [0, 0.1) is 0 Å². The molecule has 23 heavy (non-hydrogen) atoms. The zero-order chi connectivity index (χ0) is 17.0. The van der Waals surface area contributed by atoms with Gasteiger partial charge in [0.1, 0.15) is 17.2 Å². The minimum atomic E-state index is -3.79. The fraction of sp³-hybridized carbons (Fsp3) is 0.600. The van der Waals surface area contributed by atoms with Crippen molar-refractivity contribution >= 4 is 10.0 Å². The largest absolute Gasteiger partial charge is 0.496 e. The van der Waals surface area contributed by atoms with E-state index >= 15 is 0 Å². The molecule has 8 heteroatoms. The van der Waals surface area contributed by atoms with Gasteiger partial charge in [-0.3, -0.25) is 0 Å². The van der Waals surface area contributed by atoms with Gasteiger partial charge in [-0.15, -0.1) is 0 Å². The lowest BCUT2D eigenvalue weighted by Crippen LogP contribution is -2.47. The highest BCUT2D eigenvalue weighted by Gasteiger charge is 2.37. The van der Waals surface area contributed by atoms with Crippen molar-refractivity contribution in [2.75, 3.05) is 34.4 Å². The van der Waals surface area contributed by atoms with E-state index in [4.69, 9.17) is 19.9 Å². The summed E-state index contributed by atoms with van der Waals surface area (Å²) in [6.45, 7) is 0.739. The first-order chi connectivity index (χ1) is 11.0. The molecule has 0 saturated carbocycles. The Hall–Kier alpha value is -1.51. The number of hydrogen-bond acceptors (Lipinski definition) is 6. The van der Waals surface area contributed by atoms with Crippen molar-refractivity contribution in [1.82, 2.24) is 4.31 Å². The molecule has 1 atom stereocenters. The molecule has 1 aliphatic rings. The van der Waals surface area contributed by atoms with E-state index in [9.17, 15) is 8.42 Å². The zero-order valence-electron chi connectivity index (χ0n) is 13.7. The van der Waals surface area contributed by atoms with Crippen LogP contribution in [0.5, 0.6) is 17.2 Å². The minimum absolute atomic E-state index is 0.0173. The van der Waals surface area contributed by atoms with Crippen LogP contribution < -0.4 is 19.9 Å². The van der Waals surface area contributed by atoms with Crippen molar-refractivity contribution in [3.05, 3.63) is 12.1 Å². The van der Waals surface area contributed by atoms with Gasteiger partial charge in [-0.25, -0.2) is 8.42 Å². The van der Waals surface area contributed by atoms with Crippen LogP contribution in [0.15, 0.2) is 17.0 Å². The van der Waals surface area contributed by atoms with Crippen LogP contribution in [-0.4, -0.2) is 53.2 Å². The Morgan fingerprint density at radius 3 is 2.22 bits per heavy atom. The quantitative estimate of drug-likeness (QED) is 0.834. The summed E-state index contributed by atoms with van der Waals surface area (Å²) in [4.78, 5) is 0.0173. The average Bonchev–Trinajstić information content (AvgIpc) is 2.60. The molecule has 1 aromatic rings. The van der Waals surface area contributed by atoms with Gasteiger partial charge in [-0.1, -0.05) is 6.42 Å². The second-order valence-electron chi connectivity index (χ2n) is 5.36. The van der Waals surface area contributed by atoms with Crippen LogP contribution in [0.25, 0.3) is 0 Å². The molecule has 0 spiro atoms. The molecule has 2 rings (SSSR count). The van der Waals surface area contributed by atoms with Gasteiger partial charge in [0.25, 0.3) is 10.0 Å². The van der Waals surface area contributed by atoms with Crippen molar-refractivity contribution in [3.8, 4) is 17.2 Å². The van der Waals surface area contributed by atoms with Crippen LogP contribution in [0.2, 0.25) is 0 Å². The smallest absolute Gasteiger partial charge is 0.250 e. The number of benzene rings is 1. The van der Waals surface area contributed by atoms with Crippen LogP contribution in [-0.2, 0) is 10.0 Å². The zero-order valence-corrected chi connectivity index (χ0v) is 14.6. The average molecular weight is 344 g/mol. The summed E-state index contributed by atoms with van der Waals surface area (Å²) in [6, 6.07) is 2.87. The maximum Gasteiger partial charge on any atom is 0.250 e. The molecule has 1 saturated heterocycles. The SMILES string of the molecule is COc1cc(OC)c(S(=O)(=O)N2CCCCC2CN)c(OC)c1. The van der Waals surface area contributed by atoms with Gasteiger partial charge in [0.05, 0.1) is 21.3 Å². The molecule has 7 nitrogen and oxygen atoms in total. The standard InChI is InChI=1S/C15H24N2O5S/c1-20-12-8-13(21-2)15(14(9-12)22-3)23(18,19)17-7-5-4-6-11(17)10-16/h8-9,11H,4-7,10,16H2,1-3H3. The lowest BCUT2D eigenvalue weighted by atomic mass is 10.1. The number of sulfonamides is 1. The predicted octanol–water partition coefficient (Wildman–Crippen LogP) is 1.21. The minimum Gasteiger partial charge on any atom is -0.496 e. The van der Waals surface area contributed by atoms with Crippen molar-refractivity contribution < 1.29 is 22.6 Å². The Balaban J connectivity index is 2.58. The van der Waals surface area contributed by atoms with Gasteiger partial charge in [0.15, 0.2) is 4.90 Å². The number of hydrogen-bond donors (Lipinski definition) is 1. The number of nitrogens with zero attached hydrogens (tertiary/aromatic N) is 1. The number of nitrogens with two attached hydrogens (primary N) is 1. The predicted molar refractivity (Wildman–Crippen MR) is 86.7 cm³/mol. The lowest BCUT2D eigenvalue weighted by molar-refractivity contribution is 0.255. The van der Waals surface area contributed by atoms with E-state index in [1.54, 1.807) is 0 Å². The monoisotopic (exact) mass is 344 g/mol. The van der Waals surface area contributed by atoms with Crippen LogP contribution in [0.3, 0.4) is 0 Å². The first-order valence-corrected chi connectivity index (χ1v) is 8.95. The fourth-order valence-electron chi connectivity index (χ4n) is 2.87. The van der Waals surface area contributed by atoms with E-state index in [1.165, 1.54) is 37.8 Å². The summed E-state index contributed by atoms with van der Waals surface area (Å²) in [5, 5.41) is 0. The summed E-state index contributed by atoms with van der Waals surface area (Å²) in [7, 11) is 0.552. The molecule has 0 aromatic heterocycles. The molecule has 0 aliphatic carbocycles. The van der Waals surface area contributed by atoms with Gasteiger partial charge < -0.3 is 19.9 Å². The normalized spacial score (nSPS) is 19.4. The van der Waals surface area contributed by atoms with Crippen LogP contribution >= 0.6 is 0 Å². The van der Waals surface area contributed by atoms with Crippen molar-refractivity contribution in [2.45, 2.75) is 30.2 Å². The summed E-state index contributed by atoms with van der Waals surface area (Å²) >= 11 is 0. The summed E-state index contributed by atoms with van der Waals surface area (Å²) in [6.07, 6.45) is 2.55. The number of methoxy groups -OCH3 is 3. The summed E-state index contributed by atoms with van der Waals surface area (Å²) < 4.78 is 43.6. The summed E-state index contributed by atoms with van der Waals surface area (Å²) in [5.74, 6) is 0.858. The Kier molecular flexibility index (Phi) is 5.72. The number of piperidine rings is 1. The van der Waals surface area contributed by atoms with E-state index in [0.717, 1.165) is 19.3 Å². The third-order valence-corrected chi connectivity index (χ3v) is 6.10. The van der Waals surface area contributed by atoms with E-state index in [1.807, 2.05) is 0 Å². The van der Waals surface area contributed by atoms with Gasteiger partial charge in [-0.05, 0) is 12.8 Å². The van der Waals surface area contributed by atoms with Gasteiger partial charge in [0.2, 0.25) is 0 Å². The van der Waals surface area contributed by atoms with Gasteiger partial charge >= 0.3 is 0 Å². The van der Waals surface area contributed by atoms with Crippen molar-refractivity contribution in [2.24, 2.45) is 5.73 Å². The molecular formula is C15H24N2O5S. The molecule has 130 valence electrons. The molecular weight excluding hydrogens is 320 g/mol. The second-order valence-corrected chi connectivity index (χ2v) is 7.19. The van der Waals surface area contributed by atoms with E-state index < -0.39 is 10.0 Å². The third-order valence-electron chi connectivity index (χ3n) is 4.08. The highest BCUT2D eigenvalue weighted by molar-refractivity contribution is 7.89. The highest BCUT2D eigenvalue weighted by atomic mass is 32.2. The van der Waals surface area contributed by atoms with Gasteiger partial charge in [-0.2, -0.15) is 4.31 Å². The molecule has 2 N–H and O–H groups in total. The molecule has 0 bridgehead atoms. The molecule has 0 amide bonds. The molecule has 1 heterocycles. The first-order valence-electron chi connectivity index (χ1n) is 7.51. The van der Waals surface area contributed by atoms with Crippen molar-refractivity contribution in [3.63, 3.8) is 0 Å².